The molecule has 0 aliphatic carbocycles. The molecule has 0 atom stereocenters. The van der Waals surface area contributed by atoms with Crippen molar-refractivity contribution < 1.29 is 26.7 Å². The van der Waals surface area contributed by atoms with Gasteiger partial charge in [-0.05, 0) is 30.3 Å². The highest BCUT2D eigenvalue weighted by atomic mass is 32.2. The maximum absolute atomic E-state index is 13.1. The van der Waals surface area contributed by atoms with E-state index in [9.17, 15) is 21.6 Å². The molecule has 0 heterocycles. The second kappa shape index (κ2) is 5.04. The van der Waals surface area contributed by atoms with Crippen molar-refractivity contribution in [3.05, 3.63) is 53.8 Å². The summed E-state index contributed by atoms with van der Waals surface area (Å²) < 4.78 is 64.6. The molecule has 0 saturated heterocycles. The fourth-order valence-corrected chi connectivity index (χ4v) is 2.49. The van der Waals surface area contributed by atoms with Crippen LogP contribution in [0.4, 0.5) is 18.9 Å². The lowest BCUT2D eigenvalue weighted by Crippen LogP contribution is -2.13. The van der Waals surface area contributed by atoms with Crippen LogP contribution >= 0.6 is 0 Å². The Labute approximate surface area is 112 Å². The van der Waals surface area contributed by atoms with Crippen molar-refractivity contribution in [3.8, 4) is 5.75 Å². The standard InChI is InChI=1S/C12H8F3NO3S/c13-9-3-2-8(6-10(9)14)20(18,19)16-7-1-4-12(17)11(15)5-7/h1-6,16-17H. The molecule has 0 radical (unpaired) electrons. The Balaban J connectivity index is 2.35. The molecule has 2 aromatic rings. The number of nitrogens with one attached hydrogen (secondary N) is 1. The summed E-state index contributed by atoms with van der Waals surface area (Å²) >= 11 is 0. The smallest absolute Gasteiger partial charge is 0.262 e. The van der Waals surface area contributed by atoms with Gasteiger partial charge in [0.1, 0.15) is 0 Å². The van der Waals surface area contributed by atoms with Gasteiger partial charge in [-0.2, -0.15) is 0 Å². The third kappa shape index (κ3) is 2.85. The lowest BCUT2D eigenvalue weighted by molar-refractivity contribution is 0.432. The van der Waals surface area contributed by atoms with Crippen molar-refractivity contribution in [2.45, 2.75) is 4.90 Å². The maximum atomic E-state index is 13.1. The van der Waals surface area contributed by atoms with Gasteiger partial charge in [0.2, 0.25) is 0 Å². The van der Waals surface area contributed by atoms with Crippen LogP contribution in [0.15, 0.2) is 41.3 Å². The number of hydrogen-bond donors (Lipinski definition) is 2. The van der Waals surface area contributed by atoms with Crippen molar-refractivity contribution in [3.63, 3.8) is 0 Å². The van der Waals surface area contributed by atoms with E-state index < -0.39 is 38.1 Å². The lowest BCUT2D eigenvalue weighted by Gasteiger charge is -2.08. The highest BCUT2D eigenvalue weighted by Crippen LogP contribution is 2.22. The van der Waals surface area contributed by atoms with Crippen molar-refractivity contribution >= 4 is 15.7 Å². The Hall–Kier alpha value is -2.22. The number of hydrogen-bond acceptors (Lipinski definition) is 3. The van der Waals surface area contributed by atoms with Gasteiger partial charge in [-0.3, -0.25) is 4.72 Å². The molecule has 20 heavy (non-hydrogen) atoms. The molecule has 8 heteroatoms. The van der Waals surface area contributed by atoms with Crippen LogP contribution < -0.4 is 4.72 Å². The molecule has 0 aliphatic heterocycles. The molecular weight excluding hydrogens is 295 g/mol. The summed E-state index contributed by atoms with van der Waals surface area (Å²) in [5.74, 6) is -4.15. The fraction of sp³-hybridized carbons (Fsp3) is 0. The summed E-state index contributed by atoms with van der Waals surface area (Å²) in [5.41, 5.74) is -0.162. The minimum Gasteiger partial charge on any atom is -0.505 e. The fourth-order valence-electron chi connectivity index (χ4n) is 1.43. The van der Waals surface area contributed by atoms with Gasteiger partial charge in [-0.25, -0.2) is 21.6 Å². The number of halogens is 3. The van der Waals surface area contributed by atoms with Crippen LogP contribution in [0.1, 0.15) is 0 Å². The number of anilines is 1. The second-order valence-electron chi connectivity index (χ2n) is 3.85. The highest BCUT2D eigenvalue weighted by Gasteiger charge is 2.17. The molecule has 0 spiro atoms. The zero-order chi connectivity index (χ0) is 14.9. The van der Waals surface area contributed by atoms with Crippen molar-refractivity contribution in [2.75, 3.05) is 4.72 Å². The number of phenols is 1. The number of aromatic hydroxyl groups is 1. The first-order valence-electron chi connectivity index (χ1n) is 5.26. The van der Waals surface area contributed by atoms with E-state index in [4.69, 9.17) is 5.11 Å². The van der Waals surface area contributed by atoms with E-state index in [1.807, 2.05) is 4.72 Å². The van der Waals surface area contributed by atoms with Gasteiger partial charge < -0.3 is 5.11 Å². The molecule has 0 saturated carbocycles. The van der Waals surface area contributed by atoms with Crippen LogP contribution in [0.25, 0.3) is 0 Å². The SMILES string of the molecule is O=S(=O)(Nc1ccc(O)c(F)c1)c1ccc(F)c(F)c1. The molecule has 2 rings (SSSR count). The Morgan fingerprint density at radius 3 is 2.20 bits per heavy atom. The normalized spacial score (nSPS) is 11.3. The zero-order valence-electron chi connectivity index (χ0n) is 9.77. The average molecular weight is 303 g/mol. The van der Waals surface area contributed by atoms with Crippen molar-refractivity contribution in [1.29, 1.82) is 0 Å². The Bertz CT molecular complexity index is 763. The second-order valence-corrected chi connectivity index (χ2v) is 5.53. The zero-order valence-corrected chi connectivity index (χ0v) is 10.6. The molecule has 0 amide bonds. The summed E-state index contributed by atoms with van der Waals surface area (Å²) in [4.78, 5) is -0.509. The molecule has 0 bridgehead atoms. The molecule has 0 aliphatic rings. The van der Waals surface area contributed by atoms with E-state index in [1.165, 1.54) is 0 Å². The van der Waals surface area contributed by atoms with Crippen molar-refractivity contribution in [2.24, 2.45) is 0 Å². The maximum Gasteiger partial charge on any atom is 0.262 e. The van der Waals surface area contributed by atoms with Crippen LogP contribution in [0.3, 0.4) is 0 Å². The largest absolute Gasteiger partial charge is 0.505 e. The predicted molar refractivity (Wildman–Crippen MR) is 65.2 cm³/mol. The molecule has 2 aromatic carbocycles. The van der Waals surface area contributed by atoms with Gasteiger partial charge in [0.15, 0.2) is 23.2 Å². The van der Waals surface area contributed by atoms with Gasteiger partial charge in [0, 0.05) is 6.07 Å². The van der Waals surface area contributed by atoms with E-state index in [1.54, 1.807) is 0 Å². The lowest BCUT2D eigenvalue weighted by atomic mass is 10.3. The topological polar surface area (TPSA) is 66.4 Å². The Morgan fingerprint density at radius 2 is 1.60 bits per heavy atom. The van der Waals surface area contributed by atoms with Crippen LogP contribution in [0, 0.1) is 17.5 Å². The molecule has 106 valence electrons. The summed E-state index contributed by atoms with van der Waals surface area (Å²) in [6, 6.07) is 4.88. The van der Waals surface area contributed by atoms with Crippen LogP contribution in [0.5, 0.6) is 5.75 Å². The van der Waals surface area contributed by atoms with Gasteiger partial charge in [0.05, 0.1) is 10.6 Å². The summed E-state index contributed by atoms with van der Waals surface area (Å²) in [6.45, 7) is 0. The van der Waals surface area contributed by atoms with E-state index in [0.29, 0.717) is 12.1 Å². The number of rotatable bonds is 3. The van der Waals surface area contributed by atoms with Gasteiger partial charge >= 0.3 is 0 Å². The Morgan fingerprint density at radius 1 is 0.900 bits per heavy atom. The predicted octanol–water partition coefficient (Wildman–Crippen LogP) is 2.61. The first-order chi connectivity index (χ1) is 9.29. The molecule has 0 aromatic heterocycles. The summed E-state index contributed by atoms with van der Waals surface area (Å²) in [6.07, 6.45) is 0. The molecular formula is C12H8F3NO3S. The number of sulfonamides is 1. The minimum absolute atomic E-state index is 0.162. The molecule has 0 fully saturated rings. The average Bonchev–Trinajstić information content (AvgIpc) is 2.37. The third-order valence-electron chi connectivity index (χ3n) is 2.40. The van der Waals surface area contributed by atoms with E-state index in [0.717, 1.165) is 24.3 Å². The molecule has 4 nitrogen and oxygen atoms in total. The number of phenolic OH excluding ortho intramolecular Hbond substituents is 1. The monoisotopic (exact) mass is 303 g/mol. The van der Waals surface area contributed by atoms with E-state index in [-0.39, 0.29) is 5.69 Å². The summed E-state index contributed by atoms with van der Waals surface area (Å²) in [7, 11) is -4.19. The minimum atomic E-state index is -4.19. The Kier molecular flexibility index (Phi) is 3.58. The summed E-state index contributed by atoms with van der Waals surface area (Å²) in [5, 5.41) is 8.98. The van der Waals surface area contributed by atoms with Gasteiger partial charge in [-0.15, -0.1) is 0 Å². The highest BCUT2D eigenvalue weighted by molar-refractivity contribution is 7.92. The number of benzene rings is 2. The first-order valence-corrected chi connectivity index (χ1v) is 6.74. The van der Waals surface area contributed by atoms with Crippen molar-refractivity contribution in [1.82, 2.24) is 0 Å². The van der Waals surface area contributed by atoms with E-state index in [2.05, 4.69) is 0 Å². The van der Waals surface area contributed by atoms with Crippen LogP contribution in [0.2, 0.25) is 0 Å². The van der Waals surface area contributed by atoms with Gasteiger partial charge in [0.25, 0.3) is 10.0 Å². The molecule has 0 unspecified atom stereocenters. The van der Waals surface area contributed by atoms with E-state index >= 15 is 0 Å². The van der Waals surface area contributed by atoms with Crippen LogP contribution in [-0.4, -0.2) is 13.5 Å². The van der Waals surface area contributed by atoms with Crippen LogP contribution in [-0.2, 0) is 10.0 Å². The first kappa shape index (κ1) is 14.2. The van der Waals surface area contributed by atoms with Gasteiger partial charge in [-0.1, -0.05) is 0 Å². The quantitative estimate of drug-likeness (QED) is 0.857. The molecule has 2 N–H and O–H groups in total. The third-order valence-corrected chi connectivity index (χ3v) is 3.78.